The highest BCUT2D eigenvalue weighted by atomic mass is 16.5. The lowest BCUT2D eigenvalue weighted by atomic mass is 10.1. The van der Waals surface area contributed by atoms with E-state index in [4.69, 9.17) is 21.7 Å². The molecule has 1 aromatic carbocycles. The van der Waals surface area contributed by atoms with Gasteiger partial charge in [0.05, 0.1) is 6.04 Å². The SMILES string of the molecule is NC(=O)CC[C@H](NC(=O)NC(Cc1ccc(O)cc1)C(=O)O)c1nc([C@@H](N)CCC(N)=O)no1. The molecule has 1 unspecified atom stereocenters. The number of hydrogen-bond donors (Lipinski definition) is 7. The summed E-state index contributed by atoms with van der Waals surface area (Å²) in [6, 6.07) is 1.98. The van der Waals surface area contributed by atoms with Crippen molar-refractivity contribution in [2.75, 3.05) is 0 Å². The molecule has 0 saturated heterocycles. The first-order chi connectivity index (χ1) is 16.0. The monoisotopic (exact) mass is 477 g/mol. The van der Waals surface area contributed by atoms with Crippen molar-refractivity contribution in [2.45, 2.75) is 50.2 Å². The van der Waals surface area contributed by atoms with E-state index in [1.54, 1.807) is 0 Å². The van der Waals surface area contributed by atoms with Gasteiger partial charge in [-0.3, -0.25) is 9.59 Å². The van der Waals surface area contributed by atoms with Crippen molar-refractivity contribution < 1.29 is 33.9 Å². The number of amides is 4. The molecule has 0 saturated carbocycles. The van der Waals surface area contributed by atoms with Gasteiger partial charge in [-0.25, -0.2) is 9.59 Å². The van der Waals surface area contributed by atoms with E-state index in [9.17, 15) is 29.4 Å². The molecule has 0 spiro atoms. The van der Waals surface area contributed by atoms with Crippen LogP contribution in [0.25, 0.3) is 0 Å². The molecule has 14 heteroatoms. The number of nitrogens with zero attached hydrogens (tertiary/aromatic N) is 2. The van der Waals surface area contributed by atoms with Gasteiger partial charge < -0.3 is 42.6 Å². The predicted molar refractivity (Wildman–Crippen MR) is 116 cm³/mol. The third-order valence-electron chi connectivity index (χ3n) is 4.75. The number of benzene rings is 1. The minimum atomic E-state index is -1.29. The molecule has 1 aromatic heterocycles. The lowest BCUT2D eigenvalue weighted by Gasteiger charge is -2.19. The van der Waals surface area contributed by atoms with Gasteiger partial charge in [0.2, 0.25) is 17.7 Å². The van der Waals surface area contributed by atoms with Crippen LogP contribution in [0, 0.1) is 0 Å². The second-order valence-electron chi connectivity index (χ2n) is 7.54. The van der Waals surface area contributed by atoms with E-state index in [-0.39, 0.29) is 49.6 Å². The van der Waals surface area contributed by atoms with Crippen molar-refractivity contribution in [2.24, 2.45) is 17.2 Å². The summed E-state index contributed by atoms with van der Waals surface area (Å²) in [4.78, 5) is 50.5. The number of carbonyl (C=O) groups excluding carboxylic acids is 3. The van der Waals surface area contributed by atoms with Crippen LogP contribution in [-0.4, -0.2) is 50.2 Å². The Hall–Kier alpha value is -4.20. The Balaban J connectivity index is 2.09. The molecule has 2 rings (SSSR count). The van der Waals surface area contributed by atoms with Crippen molar-refractivity contribution in [3.8, 4) is 5.75 Å². The molecule has 14 nitrogen and oxygen atoms in total. The van der Waals surface area contributed by atoms with E-state index in [1.165, 1.54) is 24.3 Å². The van der Waals surface area contributed by atoms with E-state index in [2.05, 4.69) is 20.8 Å². The molecule has 0 fully saturated rings. The van der Waals surface area contributed by atoms with E-state index < -0.39 is 41.9 Å². The molecule has 10 N–H and O–H groups in total. The number of phenolic OH excluding ortho intramolecular Hbond substituents is 1. The van der Waals surface area contributed by atoms with Crippen molar-refractivity contribution in [3.05, 3.63) is 41.5 Å². The number of rotatable bonds is 13. The first-order valence-corrected chi connectivity index (χ1v) is 10.3. The van der Waals surface area contributed by atoms with Gasteiger partial charge in [-0.05, 0) is 30.5 Å². The number of phenols is 1. The maximum Gasteiger partial charge on any atom is 0.326 e. The Morgan fingerprint density at radius 1 is 1.00 bits per heavy atom. The molecule has 4 amide bonds. The Labute approximate surface area is 193 Å². The lowest BCUT2D eigenvalue weighted by Crippen LogP contribution is -2.48. The highest BCUT2D eigenvalue weighted by Gasteiger charge is 2.26. The van der Waals surface area contributed by atoms with Gasteiger partial charge in [0.1, 0.15) is 17.8 Å². The zero-order valence-corrected chi connectivity index (χ0v) is 18.1. The Kier molecular flexibility index (Phi) is 9.31. The summed E-state index contributed by atoms with van der Waals surface area (Å²) in [6.07, 6.45) is -0.00257. The second-order valence-corrected chi connectivity index (χ2v) is 7.54. The summed E-state index contributed by atoms with van der Waals surface area (Å²) in [6.45, 7) is 0. The topological polar surface area (TPSA) is 250 Å². The highest BCUT2D eigenvalue weighted by Crippen LogP contribution is 2.20. The van der Waals surface area contributed by atoms with E-state index in [0.29, 0.717) is 5.56 Å². The van der Waals surface area contributed by atoms with Crippen LogP contribution in [0.15, 0.2) is 28.8 Å². The number of nitrogens with one attached hydrogen (secondary N) is 2. The zero-order chi connectivity index (χ0) is 25.3. The zero-order valence-electron chi connectivity index (χ0n) is 18.1. The number of carbonyl (C=O) groups is 4. The summed E-state index contributed by atoms with van der Waals surface area (Å²) < 4.78 is 5.16. The smallest absolute Gasteiger partial charge is 0.326 e. The summed E-state index contributed by atoms with van der Waals surface area (Å²) >= 11 is 0. The number of primary amides is 2. The summed E-state index contributed by atoms with van der Waals surface area (Å²) in [5.41, 5.74) is 16.8. The fourth-order valence-corrected chi connectivity index (χ4v) is 2.94. The number of urea groups is 1. The molecular formula is C20H27N7O7. The average molecular weight is 477 g/mol. The van der Waals surface area contributed by atoms with Crippen LogP contribution < -0.4 is 27.8 Å². The fourth-order valence-electron chi connectivity index (χ4n) is 2.94. The van der Waals surface area contributed by atoms with Crippen molar-refractivity contribution in [1.29, 1.82) is 0 Å². The van der Waals surface area contributed by atoms with Gasteiger partial charge in [-0.2, -0.15) is 4.98 Å². The van der Waals surface area contributed by atoms with Crippen LogP contribution >= 0.6 is 0 Å². The van der Waals surface area contributed by atoms with Gasteiger partial charge in [-0.1, -0.05) is 17.3 Å². The van der Waals surface area contributed by atoms with Crippen LogP contribution in [0.4, 0.5) is 4.79 Å². The molecule has 2 aromatic rings. The quantitative estimate of drug-likeness (QED) is 0.192. The van der Waals surface area contributed by atoms with Crippen molar-refractivity contribution in [3.63, 3.8) is 0 Å². The minimum Gasteiger partial charge on any atom is -0.508 e. The Morgan fingerprint density at radius 2 is 1.62 bits per heavy atom. The average Bonchev–Trinajstić information content (AvgIpc) is 3.26. The van der Waals surface area contributed by atoms with Crippen molar-refractivity contribution >= 4 is 23.8 Å². The number of hydrogen-bond acceptors (Lipinski definition) is 9. The van der Waals surface area contributed by atoms with Crippen LogP contribution in [0.5, 0.6) is 5.75 Å². The fraction of sp³-hybridized carbons (Fsp3) is 0.400. The second kappa shape index (κ2) is 12.2. The number of carboxylic acid groups (broad SMARTS) is 1. The summed E-state index contributed by atoms with van der Waals surface area (Å²) in [7, 11) is 0. The van der Waals surface area contributed by atoms with Crippen molar-refractivity contribution in [1.82, 2.24) is 20.8 Å². The van der Waals surface area contributed by atoms with E-state index >= 15 is 0 Å². The molecule has 1 heterocycles. The van der Waals surface area contributed by atoms with E-state index in [0.717, 1.165) is 0 Å². The molecule has 0 bridgehead atoms. The van der Waals surface area contributed by atoms with Gasteiger partial charge in [0.15, 0.2) is 5.82 Å². The summed E-state index contributed by atoms with van der Waals surface area (Å²) in [5, 5.41) is 27.4. The molecule has 0 aliphatic rings. The highest BCUT2D eigenvalue weighted by molar-refractivity contribution is 5.83. The maximum absolute atomic E-state index is 12.5. The Morgan fingerprint density at radius 3 is 2.21 bits per heavy atom. The number of carboxylic acids is 1. The predicted octanol–water partition coefficient (Wildman–Crippen LogP) is -0.658. The Bertz CT molecular complexity index is 1010. The number of aromatic nitrogens is 2. The van der Waals surface area contributed by atoms with E-state index in [1.807, 2.05) is 0 Å². The number of aromatic hydroxyl groups is 1. The molecule has 0 aliphatic heterocycles. The van der Waals surface area contributed by atoms with Gasteiger partial charge in [-0.15, -0.1) is 0 Å². The largest absolute Gasteiger partial charge is 0.508 e. The first kappa shape index (κ1) is 26.1. The third-order valence-corrected chi connectivity index (χ3v) is 4.75. The van der Waals surface area contributed by atoms with Gasteiger partial charge in [0, 0.05) is 19.3 Å². The van der Waals surface area contributed by atoms with Crippen LogP contribution in [0.3, 0.4) is 0 Å². The molecule has 0 aliphatic carbocycles. The standard InChI is InChI=1S/C20H27N7O7/c21-12(5-7-15(22)29)17-26-18(34-27-17)13(6-8-16(23)30)24-20(33)25-14(19(31)32)9-10-1-3-11(28)4-2-10/h1-4,12-14,28H,5-9,21H2,(H2,22,29)(H2,23,30)(H,31,32)(H2,24,25,33)/t12-,13-,14?/m0/s1. The normalized spacial score (nSPS) is 13.4. The van der Waals surface area contributed by atoms with Gasteiger partial charge in [0.25, 0.3) is 0 Å². The van der Waals surface area contributed by atoms with Crippen LogP contribution in [0.1, 0.15) is 55.0 Å². The van der Waals surface area contributed by atoms with Crippen LogP contribution in [0.2, 0.25) is 0 Å². The molecule has 34 heavy (non-hydrogen) atoms. The molecule has 0 radical (unpaired) electrons. The maximum atomic E-state index is 12.5. The first-order valence-electron chi connectivity index (χ1n) is 10.3. The third kappa shape index (κ3) is 8.38. The summed E-state index contributed by atoms with van der Waals surface area (Å²) in [5.74, 6) is -2.45. The number of nitrogens with two attached hydrogens (primary N) is 3. The molecule has 3 atom stereocenters. The molecular weight excluding hydrogens is 450 g/mol. The minimum absolute atomic E-state index is 0.00336. The molecule has 184 valence electrons. The van der Waals surface area contributed by atoms with Crippen LogP contribution in [-0.2, 0) is 20.8 Å². The van der Waals surface area contributed by atoms with Gasteiger partial charge >= 0.3 is 12.0 Å². The number of aliphatic carboxylic acids is 1. The lowest BCUT2D eigenvalue weighted by molar-refractivity contribution is -0.139.